The van der Waals surface area contributed by atoms with Gasteiger partial charge in [0.25, 0.3) is 0 Å². The molecule has 0 aromatic rings. The van der Waals surface area contributed by atoms with Gasteiger partial charge in [-0.3, -0.25) is 9.59 Å². The lowest BCUT2D eigenvalue weighted by atomic mass is 9.89. The minimum absolute atomic E-state index is 0.242. The van der Waals surface area contributed by atoms with E-state index in [1.54, 1.807) is 0 Å². The second-order valence-corrected chi connectivity index (χ2v) is 7.74. The van der Waals surface area contributed by atoms with Gasteiger partial charge in [-0.15, -0.1) is 0 Å². The van der Waals surface area contributed by atoms with Crippen molar-refractivity contribution >= 4 is 11.9 Å². The zero-order chi connectivity index (χ0) is 20.8. The second-order valence-electron chi connectivity index (χ2n) is 7.74. The van der Waals surface area contributed by atoms with Gasteiger partial charge < -0.3 is 35.0 Å². The topological polar surface area (TPSA) is 154 Å². The molecule has 0 spiro atoms. The number of aliphatic carboxylic acids is 1. The Morgan fingerprint density at radius 2 is 1.70 bits per heavy atom. The molecule has 0 bridgehead atoms. The van der Waals surface area contributed by atoms with Gasteiger partial charge in [0.05, 0.1) is 24.5 Å². The van der Waals surface area contributed by atoms with E-state index >= 15 is 0 Å². The van der Waals surface area contributed by atoms with Gasteiger partial charge in [-0.1, -0.05) is 26.7 Å². The van der Waals surface area contributed by atoms with Gasteiger partial charge in [0, 0.05) is 0 Å². The number of aliphatic hydroxyl groups excluding tert-OH is 3. The standard InChI is InChI=1S/C18H32O9/c1-4-5-10(2)6-11-15(22)17(24)16(23)12(27-11)9-26-14(21)8-18(3,25)7-13(19)20/h10-12,15-17,22-25H,4-9H2,1-3H3,(H,19,20)/t10-,11?,12?,15?,16?,17?,18+/m0/s1. The van der Waals surface area contributed by atoms with E-state index in [2.05, 4.69) is 0 Å². The quantitative estimate of drug-likeness (QED) is 0.319. The number of rotatable bonds is 10. The predicted molar refractivity (Wildman–Crippen MR) is 93.8 cm³/mol. The Morgan fingerprint density at radius 3 is 2.26 bits per heavy atom. The van der Waals surface area contributed by atoms with E-state index in [1.165, 1.54) is 6.92 Å². The maximum absolute atomic E-state index is 11.9. The van der Waals surface area contributed by atoms with Crippen LogP contribution in [0.15, 0.2) is 0 Å². The summed E-state index contributed by atoms with van der Waals surface area (Å²) in [5.41, 5.74) is -1.76. The third-order valence-corrected chi connectivity index (χ3v) is 4.69. The maximum Gasteiger partial charge on any atom is 0.308 e. The molecule has 5 N–H and O–H groups in total. The van der Waals surface area contributed by atoms with Crippen molar-refractivity contribution < 1.29 is 44.6 Å². The number of hydrogen-bond donors (Lipinski definition) is 5. The molecule has 0 aromatic heterocycles. The van der Waals surface area contributed by atoms with Crippen LogP contribution in [-0.4, -0.2) is 80.2 Å². The van der Waals surface area contributed by atoms with Crippen LogP contribution in [0.2, 0.25) is 0 Å². The summed E-state index contributed by atoms with van der Waals surface area (Å²) in [6.07, 6.45) is -4.65. The molecule has 9 heteroatoms. The Kier molecular flexibility index (Phi) is 9.10. The SMILES string of the molecule is CCC[C@H](C)CC1OC(COC(=O)C[C@](C)(O)CC(=O)O)C(O)C(O)C1O. The minimum Gasteiger partial charge on any atom is -0.481 e. The molecular weight excluding hydrogens is 360 g/mol. The Hall–Kier alpha value is -1.26. The number of carboxylic acids is 1. The van der Waals surface area contributed by atoms with Crippen LogP contribution in [-0.2, 0) is 19.1 Å². The normalized spacial score (nSPS) is 31.7. The van der Waals surface area contributed by atoms with Gasteiger partial charge >= 0.3 is 11.9 Å². The van der Waals surface area contributed by atoms with Crippen molar-refractivity contribution in [1.82, 2.24) is 0 Å². The first-order valence-corrected chi connectivity index (χ1v) is 9.26. The maximum atomic E-state index is 11.9. The van der Waals surface area contributed by atoms with Crippen LogP contribution in [0.3, 0.4) is 0 Å². The highest BCUT2D eigenvalue weighted by Crippen LogP contribution is 2.27. The smallest absolute Gasteiger partial charge is 0.308 e. The summed E-state index contributed by atoms with van der Waals surface area (Å²) in [4.78, 5) is 22.5. The van der Waals surface area contributed by atoms with Gasteiger partial charge in [0.2, 0.25) is 0 Å². The average molecular weight is 392 g/mol. The molecule has 0 amide bonds. The van der Waals surface area contributed by atoms with E-state index in [9.17, 15) is 30.0 Å². The second kappa shape index (κ2) is 10.3. The van der Waals surface area contributed by atoms with E-state index in [-0.39, 0.29) is 12.5 Å². The first-order valence-electron chi connectivity index (χ1n) is 9.26. The molecule has 5 unspecified atom stereocenters. The van der Waals surface area contributed by atoms with Crippen molar-refractivity contribution in [2.75, 3.05) is 6.61 Å². The zero-order valence-corrected chi connectivity index (χ0v) is 16.1. The molecule has 1 aliphatic heterocycles. The lowest BCUT2D eigenvalue weighted by Gasteiger charge is -2.41. The first-order chi connectivity index (χ1) is 12.5. The molecular formula is C18H32O9. The number of carboxylic acid groups (broad SMARTS) is 1. The summed E-state index contributed by atoms with van der Waals surface area (Å²) in [7, 11) is 0. The van der Waals surface area contributed by atoms with Crippen molar-refractivity contribution in [3.05, 3.63) is 0 Å². The van der Waals surface area contributed by atoms with Gasteiger partial charge in [-0.05, 0) is 19.3 Å². The Balaban J connectivity index is 2.61. The number of carbonyl (C=O) groups is 2. The fraction of sp³-hybridized carbons (Fsp3) is 0.889. The van der Waals surface area contributed by atoms with E-state index in [4.69, 9.17) is 14.6 Å². The minimum atomic E-state index is -1.76. The number of ether oxygens (including phenoxy) is 2. The van der Waals surface area contributed by atoms with Crippen LogP contribution in [0, 0.1) is 5.92 Å². The van der Waals surface area contributed by atoms with E-state index in [0.29, 0.717) is 6.42 Å². The number of esters is 1. The molecule has 1 saturated heterocycles. The monoisotopic (exact) mass is 392 g/mol. The van der Waals surface area contributed by atoms with E-state index in [0.717, 1.165) is 12.8 Å². The number of hydrogen-bond acceptors (Lipinski definition) is 8. The third kappa shape index (κ3) is 7.71. The molecule has 0 saturated carbocycles. The van der Waals surface area contributed by atoms with Crippen LogP contribution in [0.1, 0.15) is 52.9 Å². The van der Waals surface area contributed by atoms with Gasteiger partial charge in [0.15, 0.2) is 0 Å². The van der Waals surface area contributed by atoms with Crippen LogP contribution in [0.5, 0.6) is 0 Å². The average Bonchev–Trinajstić information content (AvgIpc) is 2.52. The zero-order valence-electron chi connectivity index (χ0n) is 16.1. The molecule has 1 heterocycles. The number of carbonyl (C=O) groups excluding carboxylic acids is 1. The van der Waals surface area contributed by atoms with Gasteiger partial charge in [-0.25, -0.2) is 0 Å². The molecule has 1 aliphatic rings. The molecule has 1 rings (SSSR count). The highest BCUT2D eigenvalue weighted by molar-refractivity contribution is 5.73. The van der Waals surface area contributed by atoms with E-state index in [1.807, 2.05) is 13.8 Å². The molecule has 27 heavy (non-hydrogen) atoms. The summed E-state index contributed by atoms with van der Waals surface area (Å²) in [6, 6.07) is 0. The molecule has 1 fully saturated rings. The Bertz CT molecular complexity index is 493. The molecule has 9 nitrogen and oxygen atoms in total. The third-order valence-electron chi connectivity index (χ3n) is 4.69. The van der Waals surface area contributed by atoms with Crippen molar-refractivity contribution in [1.29, 1.82) is 0 Å². The van der Waals surface area contributed by atoms with Gasteiger partial charge in [-0.2, -0.15) is 0 Å². The van der Waals surface area contributed by atoms with Crippen molar-refractivity contribution in [3.8, 4) is 0 Å². The Labute approximate surface area is 158 Å². The number of aliphatic hydroxyl groups is 4. The summed E-state index contributed by atoms with van der Waals surface area (Å²) in [5.74, 6) is -1.86. The summed E-state index contributed by atoms with van der Waals surface area (Å²) >= 11 is 0. The highest BCUT2D eigenvalue weighted by Gasteiger charge is 2.44. The van der Waals surface area contributed by atoms with Crippen molar-refractivity contribution in [2.24, 2.45) is 5.92 Å². The van der Waals surface area contributed by atoms with Crippen LogP contribution in [0.25, 0.3) is 0 Å². The summed E-state index contributed by atoms with van der Waals surface area (Å²) in [5, 5.41) is 48.8. The molecule has 7 atom stereocenters. The van der Waals surface area contributed by atoms with Crippen LogP contribution >= 0.6 is 0 Å². The van der Waals surface area contributed by atoms with Crippen LogP contribution < -0.4 is 0 Å². The molecule has 0 aliphatic carbocycles. The molecule has 158 valence electrons. The fourth-order valence-electron chi connectivity index (χ4n) is 3.29. The van der Waals surface area contributed by atoms with Crippen LogP contribution in [0.4, 0.5) is 0 Å². The summed E-state index contributed by atoms with van der Waals surface area (Å²) < 4.78 is 10.6. The first kappa shape index (κ1) is 23.8. The lowest BCUT2D eigenvalue weighted by molar-refractivity contribution is -0.235. The largest absolute Gasteiger partial charge is 0.481 e. The van der Waals surface area contributed by atoms with E-state index < -0.39 is 60.9 Å². The molecule has 0 radical (unpaired) electrons. The summed E-state index contributed by atoms with van der Waals surface area (Å²) in [6.45, 7) is 4.86. The predicted octanol–water partition coefficient (Wildman–Crippen LogP) is -0.178. The van der Waals surface area contributed by atoms with Crippen molar-refractivity contribution in [2.45, 2.75) is 89.0 Å². The highest BCUT2D eigenvalue weighted by atomic mass is 16.6. The van der Waals surface area contributed by atoms with Gasteiger partial charge in [0.1, 0.15) is 31.0 Å². The Morgan fingerprint density at radius 1 is 1.11 bits per heavy atom. The fourth-order valence-corrected chi connectivity index (χ4v) is 3.29. The molecule has 0 aromatic carbocycles. The lowest BCUT2D eigenvalue weighted by Crippen LogP contribution is -2.59. The van der Waals surface area contributed by atoms with Crippen molar-refractivity contribution in [3.63, 3.8) is 0 Å².